The number of fused-ring (bicyclic) bond motifs is 1. The van der Waals surface area contributed by atoms with Crippen LogP contribution >= 0.6 is 0 Å². The number of nitrogens with zero attached hydrogens (tertiary/aromatic N) is 5. The van der Waals surface area contributed by atoms with Crippen molar-refractivity contribution in [3.05, 3.63) is 54.1 Å². The Labute approximate surface area is 140 Å². The zero-order valence-corrected chi connectivity index (χ0v) is 13.9. The molecule has 122 valence electrons. The summed E-state index contributed by atoms with van der Waals surface area (Å²) in [6, 6.07) is 10.4. The molecule has 6 nitrogen and oxygen atoms in total. The predicted molar refractivity (Wildman–Crippen MR) is 93.7 cm³/mol. The van der Waals surface area contributed by atoms with Crippen LogP contribution < -0.4 is 0 Å². The van der Waals surface area contributed by atoms with Crippen molar-refractivity contribution in [3.8, 4) is 11.5 Å². The van der Waals surface area contributed by atoms with E-state index in [4.69, 9.17) is 4.98 Å². The first-order valence-corrected chi connectivity index (χ1v) is 8.24. The lowest BCUT2D eigenvalue weighted by Crippen LogP contribution is -2.02. The molecule has 1 aromatic carbocycles. The van der Waals surface area contributed by atoms with Crippen LogP contribution in [0, 0.1) is 6.92 Å². The Balaban J connectivity index is 1.73. The van der Waals surface area contributed by atoms with E-state index in [2.05, 4.69) is 50.8 Å². The molecule has 24 heavy (non-hydrogen) atoms. The van der Waals surface area contributed by atoms with Gasteiger partial charge in [0.05, 0.1) is 18.2 Å². The van der Waals surface area contributed by atoms with Crippen LogP contribution in [0.5, 0.6) is 0 Å². The molecule has 3 aromatic heterocycles. The van der Waals surface area contributed by atoms with Crippen molar-refractivity contribution in [1.82, 2.24) is 29.3 Å². The molecule has 0 spiro atoms. The second-order valence-electron chi connectivity index (χ2n) is 5.98. The predicted octanol–water partition coefficient (Wildman–Crippen LogP) is 3.39. The van der Waals surface area contributed by atoms with Crippen molar-refractivity contribution < 1.29 is 0 Å². The normalized spacial score (nSPS) is 11.4. The monoisotopic (exact) mass is 320 g/mol. The van der Waals surface area contributed by atoms with Crippen LogP contribution in [0.4, 0.5) is 0 Å². The van der Waals surface area contributed by atoms with Crippen molar-refractivity contribution >= 4 is 11.2 Å². The summed E-state index contributed by atoms with van der Waals surface area (Å²) in [5, 5.41) is 4.55. The van der Waals surface area contributed by atoms with E-state index in [1.807, 2.05) is 30.2 Å². The van der Waals surface area contributed by atoms with E-state index in [0.29, 0.717) is 0 Å². The molecule has 1 N–H and O–H groups in total. The van der Waals surface area contributed by atoms with Crippen molar-refractivity contribution in [2.75, 3.05) is 0 Å². The fourth-order valence-electron chi connectivity index (χ4n) is 2.99. The maximum atomic E-state index is 4.78. The van der Waals surface area contributed by atoms with Crippen LogP contribution in [0.1, 0.15) is 24.6 Å². The first-order valence-electron chi connectivity index (χ1n) is 8.24. The maximum absolute atomic E-state index is 4.78. The number of aromatic amines is 1. The Morgan fingerprint density at radius 2 is 2.00 bits per heavy atom. The molecule has 0 fully saturated rings. The molecule has 6 heteroatoms. The van der Waals surface area contributed by atoms with E-state index >= 15 is 0 Å². The third-order valence-corrected chi connectivity index (χ3v) is 4.15. The van der Waals surface area contributed by atoms with Crippen molar-refractivity contribution in [1.29, 1.82) is 0 Å². The lowest BCUT2D eigenvalue weighted by atomic mass is 10.2. The van der Waals surface area contributed by atoms with E-state index in [-0.39, 0.29) is 0 Å². The molecule has 3 heterocycles. The summed E-state index contributed by atoms with van der Waals surface area (Å²) in [5.74, 6) is 0.837. The van der Waals surface area contributed by atoms with E-state index in [0.717, 1.165) is 47.9 Å². The smallest absolute Gasteiger partial charge is 0.177 e. The molecule has 0 aliphatic carbocycles. The van der Waals surface area contributed by atoms with E-state index < -0.39 is 0 Å². The first-order chi connectivity index (χ1) is 11.8. The minimum absolute atomic E-state index is 0.771. The molecule has 0 unspecified atom stereocenters. The average Bonchev–Trinajstić information content (AvgIpc) is 3.27. The van der Waals surface area contributed by atoms with Gasteiger partial charge in [-0.25, -0.2) is 14.6 Å². The summed E-state index contributed by atoms with van der Waals surface area (Å²) in [7, 11) is 0. The third kappa shape index (κ3) is 2.50. The molecule has 4 aromatic rings. The molecule has 0 saturated carbocycles. The van der Waals surface area contributed by atoms with Gasteiger partial charge in [0.2, 0.25) is 0 Å². The number of H-pyrrole nitrogens is 1. The van der Waals surface area contributed by atoms with Crippen LogP contribution in [0.2, 0.25) is 0 Å². The molecular formula is C18H20N6. The first kappa shape index (κ1) is 14.7. The van der Waals surface area contributed by atoms with Crippen molar-refractivity contribution in [2.45, 2.75) is 33.4 Å². The summed E-state index contributed by atoms with van der Waals surface area (Å²) >= 11 is 0. The molecular weight excluding hydrogens is 300 g/mol. The van der Waals surface area contributed by atoms with Gasteiger partial charge in [0.1, 0.15) is 11.2 Å². The summed E-state index contributed by atoms with van der Waals surface area (Å²) in [4.78, 5) is 12.5. The quantitative estimate of drug-likeness (QED) is 0.613. The van der Waals surface area contributed by atoms with Crippen LogP contribution in [0.3, 0.4) is 0 Å². The van der Waals surface area contributed by atoms with Crippen LogP contribution in [0.25, 0.3) is 22.7 Å². The number of nitrogens with one attached hydrogen (secondary N) is 1. The Morgan fingerprint density at radius 1 is 1.17 bits per heavy atom. The zero-order valence-electron chi connectivity index (χ0n) is 13.9. The fraction of sp³-hybridized carbons (Fsp3) is 0.278. The zero-order chi connectivity index (χ0) is 16.5. The molecule has 4 rings (SSSR count). The summed E-state index contributed by atoms with van der Waals surface area (Å²) < 4.78 is 4.09. The summed E-state index contributed by atoms with van der Waals surface area (Å²) in [6.07, 6.45) is 4.73. The second kappa shape index (κ2) is 5.96. The fourth-order valence-corrected chi connectivity index (χ4v) is 2.99. The number of benzene rings is 1. The number of hydrogen-bond donors (Lipinski definition) is 1. The van der Waals surface area contributed by atoms with Gasteiger partial charge in [-0.05, 0) is 18.9 Å². The lowest BCUT2D eigenvalue weighted by molar-refractivity contribution is 0.612. The number of aryl methyl sites for hydroxylation is 2. The van der Waals surface area contributed by atoms with Gasteiger partial charge in [0.15, 0.2) is 11.5 Å². The van der Waals surface area contributed by atoms with Gasteiger partial charge in [-0.1, -0.05) is 37.3 Å². The van der Waals surface area contributed by atoms with Crippen LogP contribution in [-0.4, -0.2) is 29.3 Å². The second-order valence-corrected chi connectivity index (χ2v) is 5.98. The van der Waals surface area contributed by atoms with Gasteiger partial charge >= 0.3 is 0 Å². The van der Waals surface area contributed by atoms with Gasteiger partial charge in [-0.3, -0.25) is 0 Å². The van der Waals surface area contributed by atoms with Gasteiger partial charge in [-0.15, -0.1) is 0 Å². The molecule has 0 bridgehead atoms. The molecule has 0 saturated heterocycles. The molecule has 0 radical (unpaired) electrons. The van der Waals surface area contributed by atoms with Gasteiger partial charge in [-0.2, -0.15) is 5.10 Å². The summed E-state index contributed by atoms with van der Waals surface area (Å²) in [6.45, 7) is 5.80. The highest BCUT2D eigenvalue weighted by Gasteiger charge is 2.16. The highest BCUT2D eigenvalue weighted by atomic mass is 15.3. The van der Waals surface area contributed by atoms with Crippen molar-refractivity contribution in [2.24, 2.45) is 0 Å². The Kier molecular flexibility index (Phi) is 3.65. The summed E-state index contributed by atoms with van der Waals surface area (Å²) in [5.41, 5.74) is 5.12. The van der Waals surface area contributed by atoms with Gasteiger partial charge in [0, 0.05) is 13.1 Å². The maximum Gasteiger partial charge on any atom is 0.177 e. The topological polar surface area (TPSA) is 64.3 Å². The Hall–Kier alpha value is -2.89. The number of aromatic nitrogens is 6. The van der Waals surface area contributed by atoms with Crippen molar-refractivity contribution in [3.63, 3.8) is 0 Å². The minimum atomic E-state index is 0.771. The van der Waals surface area contributed by atoms with Crippen LogP contribution in [0.15, 0.2) is 42.9 Å². The number of hydrogen-bond acceptors (Lipinski definition) is 3. The Bertz CT molecular complexity index is 960. The van der Waals surface area contributed by atoms with E-state index in [1.165, 1.54) is 5.56 Å². The average molecular weight is 320 g/mol. The minimum Gasteiger partial charge on any atom is -0.334 e. The highest BCUT2D eigenvalue weighted by molar-refractivity contribution is 5.78. The number of rotatable bonds is 5. The molecule has 0 aliphatic heterocycles. The molecule has 0 amide bonds. The number of imidazole rings is 2. The largest absolute Gasteiger partial charge is 0.334 e. The molecule has 0 atom stereocenters. The van der Waals surface area contributed by atoms with E-state index in [9.17, 15) is 0 Å². The van der Waals surface area contributed by atoms with E-state index in [1.54, 1.807) is 0 Å². The third-order valence-electron chi connectivity index (χ3n) is 4.15. The standard InChI is InChI=1S/C18H20N6/c1-3-9-24-18-16(13(2)22-24)20-17(21-18)15-10-19-12-23(15)11-14-7-5-4-6-8-14/h4-8,10,12H,3,9,11H2,1-2H3,(H,20,21). The highest BCUT2D eigenvalue weighted by Crippen LogP contribution is 2.23. The lowest BCUT2D eigenvalue weighted by Gasteiger charge is -2.06. The Morgan fingerprint density at radius 3 is 2.79 bits per heavy atom. The molecule has 0 aliphatic rings. The SMILES string of the molecule is CCCn1nc(C)c2[nH]c(-c3cncn3Cc3ccccc3)nc21. The van der Waals surface area contributed by atoms with Gasteiger partial charge in [0.25, 0.3) is 0 Å². The van der Waals surface area contributed by atoms with Gasteiger partial charge < -0.3 is 9.55 Å². The van der Waals surface area contributed by atoms with Crippen LogP contribution in [-0.2, 0) is 13.1 Å².